The summed E-state index contributed by atoms with van der Waals surface area (Å²) in [5, 5.41) is 10.9. The number of carbonyl (C=O) groups is 1. The zero-order valence-electron chi connectivity index (χ0n) is 15.5. The smallest absolute Gasteiger partial charge is 0.270 e. The van der Waals surface area contributed by atoms with Crippen LogP contribution in [-0.2, 0) is 0 Å². The van der Waals surface area contributed by atoms with E-state index in [4.69, 9.17) is 0 Å². The third-order valence-corrected chi connectivity index (χ3v) is 6.02. The fraction of sp³-hybridized carbons (Fsp3) is 0.350. The molecule has 1 heterocycles. The highest BCUT2D eigenvalue weighted by molar-refractivity contribution is 7.99. The quantitative estimate of drug-likeness (QED) is 0.547. The molecule has 1 aliphatic rings. The third-order valence-electron chi connectivity index (χ3n) is 4.76. The van der Waals surface area contributed by atoms with Crippen molar-refractivity contribution >= 4 is 29.0 Å². The van der Waals surface area contributed by atoms with Crippen molar-refractivity contribution in [3.05, 3.63) is 69.8 Å². The zero-order valence-corrected chi connectivity index (χ0v) is 16.3. The van der Waals surface area contributed by atoms with Crippen LogP contribution in [0.15, 0.2) is 48.5 Å². The van der Waals surface area contributed by atoms with E-state index in [0.29, 0.717) is 12.1 Å². The van der Waals surface area contributed by atoms with Crippen molar-refractivity contribution in [1.82, 2.24) is 4.90 Å². The van der Waals surface area contributed by atoms with E-state index in [2.05, 4.69) is 43.0 Å². The number of hydrogen-bond donors (Lipinski definition) is 0. The molecule has 27 heavy (non-hydrogen) atoms. The average molecular weight is 385 g/mol. The Bertz CT molecular complexity index is 821. The number of nitrogens with zero attached hydrogens (tertiary/aromatic N) is 3. The lowest BCUT2D eigenvalue weighted by Crippen LogP contribution is -2.30. The summed E-state index contributed by atoms with van der Waals surface area (Å²) in [5.74, 6) is 0.685. The van der Waals surface area contributed by atoms with Gasteiger partial charge in [-0.25, -0.2) is 0 Å². The minimum absolute atomic E-state index is 0.0622. The van der Waals surface area contributed by atoms with Crippen LogP contribution in [0.3, 0.4) is 0 Å². The number of nitro benzene ring substituents is 1. The molecule has 7 heteroatoms. The van der Waals surface area contributed by atoms with E-state index in [-0.39, 0.29) is 17.0 Å². The molecule has 3 rings (SSSR count). The van der Waals surface area contributed by atoms with Crippen molar-refractivity contribution in [1.29, 1.82) is 0 Å². The van der Waals surface area contributed by atoms with Gasteiger partial charge < -0.3 is 9.80 Å². The van der Waals surface area contributed by atoms with Crippen LogP contribution in [0.5, 0.6) is 0 Å². The van der Waals surface area contributed by atoms with Gasteiger partial charge in [-0.15, -0.1) is 11.8 Å². The summed E-state index contributed by atoms with van der Waals surface area (Å²) >= 11 is 1.72. The number of benzene rings is 2. The molecule has 0 aliphatic carbocycles. The zero-order chi connectivity index (χ0) is 19.4. The number of hydrogen-bond acceptors (Lipinski definition) is 5. The Labute approximate surface area is 163 Å². The number of carbonyl (C=O) groups excluding carboxylic acids is 1. The first kappa shape index (κ1) is 19.2. The van der Waals surface area contributed by atoms with Crippen LogP contribution in [0.4, 0.5) is 11.4 Å². The van der Waals surface area contributed by atoms with E-state index >= 15 is 0 Å². The highest BCUT2D eigenvalue weighted by Gasteiger charge is 2.31. The monoisotopic (exact) mass is 385 g/mol. The lowest BCUT2D eigenvalue weighted by molar-refractivity contribution is -0.384. The number of anilines is 1. The fourth-order valence-electron chi connectivity index (χ4n) is 3.31. The Kier molecular flexibility index (Phi) is 6.01. The molecule has 0 spiro atoms. The molecule has 1 atom stereocenters. The Balaban J connectivity index is 1.82. The van der Waals surface area contributed by atoms with Crippen molar-refractivity contribution < 1.29 is 9.72 Å². The number of nitro groups is 1. The molecule has 0 bridgehead atoms. The maximum Gasteiger partial charge on any atom is 0.270 e. The first-order valence-corrected chi connectivity index (χ1v) is 10.1. The molecule has 0 aromatic heterocycles. The summed E-state index contributed by atoms with van der Waals surface area (Å²) in [6, 6.07) is 14.3. The molecule has 0 N–H and O–H groups in total. The molecule has 0 radical (unpaired) electrons. The number of non-ortho nitro benzene ring substituents is 1. The summed E-state index contributed by atoms with van der Waals surface area (Å²) in [4.78, 5) is 27.6. The molecule has 1 fully saturated rings. The maximum atomic E-state index is 13.0. The minimum atomic E-state index is -0.473. The molecule has 6 nitrogen and oxygen atoms in total. The van der Waals surface area contributed by atoms with Crippen LogP contribution in [0.2, 0.25) is 0 Å². The Morgan fingerprint density at radius 3 is 2.56 bits per heavy atom. The fourth-order valence-corrected chi connectivity index (χ4v) is 4.57. The largest absolute Gasteiger partial charge is 0.372 e. The van der Waals surface area contributed by atoms with Crippen LogP contribution in [0.25, 0.3) is 0 Å². The van der Waals surface area contributed by atoms with E-state index in [1.54, 1.807) is 28.8 Å². The van der Waals surface area contributed by atoms with Crippen molar-refractivity contribution in [3.8, 4) is 0 Å². The van der Waals surface area contributed by atoms with Crippen LogP contribution >= 0.6 is 11.8 Å². The molecule has 1 amide bonds. The van der Waals surface area contributed by atoms with Crippen LogP contribution in [0.1, 0.15) is 35.1 Å². The lowest BCUT2D eigenvalue weighted by Gasteiger charge is -2.25. The predicted molar refractivity (Wildman–Crippen MR) is 109 cm³/mol. The topological polar surface area (TPSA) is 66.7 Å². The van der Waals surface area contributed by atoms with E-state index in [0.717, 1.165) is 24.4 Å². The minimum Gasteiger partial charge on any atom is -0.372 e. The van der Waals surface area contributed by atoms with Gasteiger partial charge in [0.25, 0.3) is 11.6 Å². The molecule has 142 valence electrons. The molecule has 1 aliphatic heterocycles. The van der Waals surface area contributed by atoms with Gasteiger partial charge in [0.05, 0.1) is 4.92 Å². The summed E-state index contributed by atoms with van der Waals surface area (Å²) < 4.78 is 0. The molecule has 1 unspecified atom stereocenters. The average Bonchev–Trinajstić information content (AvgIpc) is 3.19. The molecule has 2 aromatic rings. The van der Waals surface area contributed by atoms with Crippen LogP contribution in [0, 0.1) is 10.1 Å². The van der Waals surface area contributed by atoms with E-state index in [1.807, 2.05) is 0 Å². The van der Waals surface area contributed by atoms with Gasteiger partial charge in [-0.3, -0.25) is 14.9 Å². The maximum absolute atomic E-state index is 13.0. The summed E-state index contributed by atoms with van der Waals surface area (Å²) in [6.45, 7) is 6.79. The lowest BCUT2D eigenvalue weighted by atomic mass is 10.1. The second-order valence-electron chi connectivity index (χ2n) is 6.29. The van der Waals surface area contributed by atoms with Gasteiger partial charge in [0, 0.05) is 48.8 Å². The van der Waals surface area contributed by atoms with Gasteiger partial charge in [-0.1, -0.05) is 18.2 Å². The summed E-state index contributed by atoms with van der Waals surface area (Å²) in [5.41, 5.74) is 2.54. The Hall–Kier alpha value is -2.54. The molecule has 2 aromatic carbocycles. The Morgan fingerprint density at radius 2 is 1.93 bits per heavy atom. The van der Waals surface area contributed by atoms with Crippen LogP contribution in [-0.4, -0.2) is 41.1 Å². The highest BCUT2D eigenvalue weighted by Crippen LogP contribution is 2.39. The standard InChI is InChI=1S/C20H23N3O3S/c1-3-21(4-2)17-10-8-15(9-11-17)20-22(12-13-27-20)19(24)16-6-5-7-18(14-16)23(25)26/h5-11,14,20H,3-4,12-13H2,1-2H3. The van der Waals surface area contributed by atoms with Gasteiger partial charge in [0.1, 0.15) is 5.37 Å². The normalized spacial score (nSPS) is 16.4. The van der Waals surface area contributed by atoms with Crippen molar-refractivity contribution in [2.75, 3.05) is 30.3 Å². The van der Waals surface area contributed by atoms with E-state index in [9.17, 15) is 14.9 Å². The first-order chi connectivity index (χ1) is 13.0. The summed E-state index contributed by atoms with van der Waals surface area (Å²) in [7, 11) is 0. The SMILES string of the molecule is CCN(CC)c1ccc(C2SCCN2C(=O)c2cccc([N+](=O)[O-])c2)cc1. The molecule has 1 saturated heterocycles. The second kappa shape index (κ2) is 8.43. The van der Waals surface area contributed by atoms with Gasteiger partial charge >= 0.3 is 0 Å². The highest BCUT2D eigenvalue weighted by atomic mass is 32.2. The second-order valence-corrected chi connectivity index (χ2v) is 7.48. The van der Waals surface area contributed by atoms with Crippen molar-refractivity contribution in [2.24, 2.45) is 0 Å². The van der Waals surface area contributed by atoms with E-state index < -0.39 is 4.92 Å². The Morgan fingerprint density at radius 1 is 1.22 bits per heavy atom. The predicted octanol–water partition coefficient (Wildman–Crippen LogP) is 4.33. The van der Waals surface area contributed by atoms with Crippen molar-refractivity contribution in [2.45, 2.75) is 19.2 Å². The molecular formula is C20H23N3O3S. The number of thioether (sulfide) groups is 1. The molecule has 0 saturated carbocycles. The van der Waals surface area contributed by atoms with Crippen LogP contribution < -0.4 is 4.90 Å². The third kappa shape index (κ3) is 4.08. The first-order valence-electron chi connectivity index (χ1n) is 9.07. The molecular weight excluding hydrogens is 362 g/mol. The van der Waals surface area contributed by atoms with Gasteiger partial charge in [0.2, 0.25) is 0 Å². The summed E-state index contributed by atoms with van der Waals surface area (Å²) in [6.07, 6.45) is 0. The van der Waals surface area contributed by atoms with E-state index in [1.165, 1.54) is 17.8 Å². The van der Waals surface area contributed by atoms with Crippen molar-refractivity contribution in [3.63, 3.8) is 0 Å². The van der Waals surface area contributed by atoms with Gasteiger partial charge in [-0.05, 0) is 37.6 Å². The number of rotatable bonds is 6. The number of amides is 1. The van der Waals surface area contributed by atoms with Gasteiger partial charge in [0.15, 0.2) is 0 Å². The van der Waals surface area contributed by atoms with Gasteiger partial charge in [-0.2, -0.15) is 0 Å².